The maximum Gasteiger partial charge on any atom is 0.509 e. The van der Waals surface area contributed by atoms with Gasteiger partial charge in [0.25, 0.3) is 0 Å². The highest BCUT2D eigenvalue weighted by Crippen LogP contribution is 2.68. The zero-order chi connectivity index (χ0) is 24.7. The number of alkyl halides is 1. The van der Waals surface area contributed by atoms with Crippen molar-refractivity contribution < 1.29 is 33.7 Å². The Balaban J connectivity index is 1.61. The van der Waals surface area contributed by atoms with E-state index in [9.17, 15) is 19.5 Å². The number of carbonyl (C=O) groups is 3. The predicted molar refractivity (Wildman–Crippen MR) is 125 cm³/mol. The van der Waals surface area contributed by atoms with E-state index in [4.69, 9.17) is 25.8 Å². The zero-order valence-electron chi connectivity index (χ0n) is 20.4. The number of ether oxygens (including phenoxy) is 3. The molecule has 0 aromatic rings. The summed E-state index contributed by atoms with van der Waals surface area (Å²) in [7, 11) is 0. The van der Waals surface area contributed by atoms with Gasteiger partial charge in [0.1, 0.15) is 6.61 Å². The van der Waals surface area contributed by atoms with E-state index in [1.165, 1.54) is 5.57 Å². The number of carbonyl (C=O) groups excluding carboxylic acids is 3. The lowest BCUT2D eigenvalue weighted by molar-refractivity contribution is -0.190. The van der Waals surface area contributed by atoms with Crippen LogP contribution in [0.4, 0.5) is 4.79 Å². The van der Waals surface area contributed by atoms with E-state index in [2.05, 4.69) is 6.92 Å². The second-order valence-corrected chi connectivity index (χ2v) is 11.3. The lowest BCUT2D eigenvalue weighted by atomic mass is 9.46. The Bertz CT molecular complexity index is 871. The Morgan fingerprint density at radius 2 is 1.85 bits per heavy atom. The Morgan fingerprint density at radius 1 is 1.12 bits per heavy atom. The van der Waals surface area contributed by atoms with Crippen LogP contribution in [0.15, 0.2) is 11.6 Å². The first-order valence-electron chi connectivity index (χ1n) is 12.6. The molecule has 8 heteroatoms. The minimum Gasteiger partial charge on any atom is -0.446 e. The molecule has 0 bridgehead atoms. The van der Waals surface area contributed by atoms with Crippen LogP contribution in [0.3, 0.4) is 0 Å². The highest BCUT2D eigenvalue weighted by Gasteiger charge is 2.70. The molecule has 190 valence electrons. The molecule has 1 N–H and O–H groups in total. The van der Waals surface area contributed by atoms with E-state index in [1.54, 1.807) is 6.92 Å². The van der Waals surface area contributed by atoms with Gasteiger partial charge in [-0.1, -0.05) is 37.9 Å². The van der Waals surface area contributed by atoms with Gasteiger partial charge in [0, 0.05) is 11.8 Å². The van der Waals surface area contributed by atoms with Crippen LogP contribution in [-0.4, -0.2) is 47.4 Å². The maximum atomic E-state index is 13.3. The van der Waals surface area contributed by atoms with Gasteiger partial charge < -0.3 is 19.3 Å². The van der Waals surface area contributed by atoms with Crippen LogP contribution < -0.4 is 0 Å². The van der Waals surface area contributed by atoms with Gasteiger partial charge >= 0.3 is 12.1 Å². The molecule has 4 aliphatic rings. The Kier molecular flexibility index (Phi) is 7.09. The summed E-state index contributed by atoms with van der Waals surface area (Å²) in [5.74, 6) is 0.603. The largest absolute Gasteiger partial charge is 0.509 e. The SMILES string of the molecule is CCC(O)COC(=O)O[C@]1(C(=O)OCCl)CC[C@H]2[C@@H]3CCC4=CC(=O)CC[C@]4(C)[C@H]3CC[C@@]21C. The highest BCUT2D eigenvalue weighted by molar-refractivity contribution is 6.17. The number of hydrogen-bond acceptors (Lipinski definition) is 7. The summed E-state index contributed by atoms with van der Waals surface area (Å²) >= 11 is 5.75. The summed E-state index contributed by atoms with van der Waals surface area (Å²) in [5.41, 5.74) is -0.780. The van der Waals surface area contributed by atoms with Crippen LogP contribution >= 0.6 is 11.6 Å². The van der Waals surface area contributed by atoms with Crippen LogP contribution in [0.25, 0.3) is 0 Å². The van der Waals surface area contributed by atoms with E-state index in [-0.39, 0.29) is 29.8 Å². The summed E-state index contributed by atoms with van der Waals surface area (Å²) in [6.07, 6.45) is 6.61. The molecule has 7 atom stereocenters. The normalized spacial score (nSPS) is 39.7. The minimum absolute atomic E-state index is 0.0101. The molecule has 0 amide bonds. The highest BCUT2D eigenvalue weighted by atomic mass is 35.5. The lowest BCUT2D eigenvalue weighted by Gasteiger charge is -2.58. The third kappa shape index (κ3) is 3.97. The van der Waals surface area contributed by atoms with Crippen molar-refractivity contribution >= 4 is 29.5 Å². The molecule has 0 heterocycles. The van der Waals surface area contributed by atoms with E-state index in [0.717, 1.165) is 32.1 Å². The van der Waals surface area contributed by atoms with Crippen molar-refractivity contribution in [2.45, 2.75) is 90.3 Å². The summed E-state index contributed by atoms with van der Waals surface area (Å²) in [6, 6.07) is -0.319. The first-order chi connectivity index (χ1) is 16.1. The quantitative estimate of drug-likeness (QED) is 0.411. The second kappa shape index (κ2) is 9.45. The van der Waals surface area contributed by atoms with Crippen LogP contribution in [0.1, 0.15) is 78.6 Å². The number of esters is 1. The summed E-state index contributed by atoms with van der Waals surface area (Å²) in [4.78, 5) is 38.1. The van der Waals surface area contributed by atoms with Crippen molar-refractivity contribution in [1.29, 1.82) is 0 Å². The van der Waals surface area contributed by atoms with Gasteiger partial charge in [-0.05, 0) is 80.6 Å². The van der Waals surface area contributed by atoms with Gasteiger partial charge in [-0.25, -0.2) is 9.59 Å². The zero-order valence-corrected chi connectivity index (χ0v) is 21.2. The van der Waals surface area contributed by atoms with E-state index in [1.807, 2.05) is 13.0 Å². The molecule has 0 radical (unpaired) electrons. The molecule has 0 aliphatic heterocycles. The maximum absolute atomic E-state index is 13.3. The molecule has 1 unspecified atom stereocenters. The first-order valence-corrected chi connectivity index (χ1v) is 13.2. The van der Waals surface area contributed by atoms with Gasteiger partial charge in [-0.3, -0.25) is 4.79 Å². The Labute approximate surface area is 206 Å². The molecule has 3 fully saturated rings. The molecular formula is C26H37ClO7. The molecule has 34 heavy (non-hydrogen) atoms. The molecule has 0 saturated heterocycles. The monoisotopic (exact) mass is 496 g/mol. The molecule has 0 spiro atoms. The second-order valence-electron chi connectivity index (χ2n) is 11.1. The average molecular weight is 497 g/mol. The van der Waals surface area contributed by atoms with Crippen molar-refractivity contribution in [3.8, 4) is 0 Å². The number of fused-ring (bicyclic) bond motifs is 5. The van der Waals surface area contributed by atoms with Crippen molar-refractivity contribution in [3.05, 3.63) is 11.6 Å². The third-order valence-corrected chi connectivity index (χ3v) is 9.83. The fourth-order valence-electron chi connectivity index (χ4n) is 7.72. The number of aliphatic hydroxyl groups excluding tert-OH is 1. The van der Waals surface area contributed by atoms with E-state index >= 15 is 0 Å². The Morgan fingerprint density at radius 3 is 2.56 bits per heavy atom. The standard InChI is InChI=1S/C26H37ClO7/c1-4-17(28)14-32-23(31)34-26(22(30)33-15-27)12-9-21-19-6-5-16-13-18(29)7-10-24(16,2)20(19)8-11-25(21,26)3/h13,17,19-21,28H,4-12,14-15H2,1-3H3/t17?,19-,20+,21+,24+,25+,26+/m1/s1. The van der Waals surface area contributed by atoms with Crippen LogP contribution in [0.2, 0.25) is 0 Å². The molecule has 0 aromatic carbocycles. The molecule has 4 rings (SSSR count). The fraction of sp³-hybridized carbons (Fsp3) is 0.808. The predicted octanol–water partition coefficient (Wildman–Crippen LogP) is 4.92. The number of ketones is 1. The number of aliphatic hydroxyl groups is 1. The molecule has 3 saturated carbocycles. The fourth-order valence-corrected chi connectivity index (χ4v) is 7.82. The summed E-state index contributed by atoms with van der Waals surface area (Å²) < 4.78 is 16.2. The Hall–Kier alpha value is -1.60. The van der Waals surface area contributed by atoms with Crippen molar-refractivity contribution in [2.24, 2.45) is 28.6 Å². The summed E-state index contributed by atoms with van der Waals surface area (Å²) in [6.45, 7) is 5.95. The van der Waals surface area contributed by atoms with E-state index < -0.39 is 29.2 Å². The van der Waals surface area contributed by atoms with Crippen LogP contribution in [0.5, 0.6) is 0 Å². The number of hydrogen-bond donors (Lipinski definition) is 1. The van der Waals surface area contributed by atoms with Gasteiger partial charge in [0.05, 0.1) is 6.10 Å². The molecule has 7 nitrogen and oxygen atoms in total. The van der Waals surface area contributed by atoms with Gasteiger partial charge in [-0.15, -0.1) is 0 Å². The van der Waals surface area contributed by atoms with Crippen LogP contribution in [0, 0.1) is 28.6 Å². The number of halogens is 1. The van der Waals surface area contributed by atoms with Crippen LogP contribution in [-0.2, 0) is 23.8 Å². The first kappa shape index (κ1) is 25.5. The van der Waals surface area contributed by atoms with Crippen molar-refractivity contribution in [3.63, 3.8) is 0 Å². The van der Waals surface area contributed by atoms with Gasteiger partial charge in [-0.2, -0.15) is 0 Å². The molecular weight excluding hydrogens is 460 g/mol. The van der Waals surface area contributed by atoms with Gasteiger partial charge in [0.15, 0.2) is 11.8 Å². The topological polar surface area (TPSA) is 99.1 Å². The molecule has 4 aliphatic carbocycles. The van der Waals surface area contributed by atoms with Crippen molar-refractivity contribution in [1.82, 2.24) is 0 Å². The average Bonchev–Trinajstić information content (AvgIpc) is 3.11. The molecule has 0 aromatic heterocycles. The smallest absolute Gasteiger partial charge is 0.446 e. The van der Waals surface area contributed by atoms with E-state index in [0.29, 0.717) is 37.5 Å². The minimum atomic E-state index is -1.47. The van der Waals surface area contributed by atoms with Crippen molar-refractivity contribution in [2.75, 3.05) is 12.7 Å². The summed E-state index contributed by atoms with van der Waals surface area (Å²) in [5, 5.41) is 9.76. The number of allylic oxidation sites excluding steroid dienone is 1. The third-order valence-electron chi connectivity index (χ3n) is 9.72. The van der Waals surface area contributed by atoms with Gasteiger partial charge in [0.2, 0.25) is 5.60 Å². The lowest BCUT2D eigenvalue weighted by Crippen LogP contribution is -2.59. The number of rotatable bonds is 6.